The van der Waals surface area contributed by atoms with Gasteiger partial charge in [-0.25, -0.2) is 22.0 Å². The van der Waals surface area contributed by atoms with Crippen LogP contribution in [-0.4, -0.2) is 179 Å². The van der Waals surface area contributed by atoms with Gasteiger partial charge >= 0.3 is 0 Å². The third kappa shape index (κ3) is 15.9. The van der Waals surface area contributed by atoms with Gasteiger partial charge in [0, 0.05) is 172 Å². The van der Waals surface area contributed by atoms with Gasteiger partial charge in [-0.15, -0.1) is 0 Å². The molecule has 7 fully saturated rings. The smallest absolute Gasteiger partial charge is 0.251 e. The SMILES string of the molecule is Cn1cc(-c2ccc(CN3C(=O)C4(CCN(C5CCCC5)C4)c4ccccc43)cc2)cn1.Cn1cc(-c2ccc(CN3C(=O)C4(CCN(C5CCCCC5)C4)c4ccccc43)c(F)c2)cn1.Cn1cc(-c2ccc(CN3C(=O)C4(CCN(C5CNC5)C4)c4ccccc43)c(F)c2)cn1.Cn1cc(-c2ccc(CN3C(=O)C4(CCN(CC(F)F)C4)c4ccccc43)c(F)c2)cn1. The second-order valence-corrected chi connectivity index (χ2v) is 37.8. The summed E-state index contributed by atoms with van der Waals surface area (Å²) >= 11 is 0. The number of aromatic nitrogens is 8. The van der Waals surface area contributed by atoms with E-state index in [1.165, 1.54) is 75.5 Å². The topological polar surface area (TPSA) is 178 Å². The molecule has 11 aliphatic rings. The van der Waals surface area contributed by atoms with E-state index in [-0.39, 0.29) is 73.4 Å². The summed E-state index contributed by atoms with van der Waals surface area (Å²) in [6.45, 7) is 8.86. The number of amides is 4. The molecule has 2 saturated carbocycles. The standard InChI is InChI=1S/C28H31FN4O.C27H30N4O.C25H26FN5O.C24H23F3N4O/c1-31-17-22(16-30-31)20-11-12-21(25(29)15-20)18-33-26-10-6-5-9-24(26)28(27(33)34)13-14-32(19-28)23-7-3-2-4-8-23;1-29-18-22(16-28-29)21-12-10-20(11-13-21)17-31-25-9-5-4-8-24(25)27(26(31)32)14-15-30(19-27)23-6-2-3-7-23;1-29-14-19(11-28-29)17-6-7-18(22(26)10-17)15-31-23-5-3-2-4-21(23)25(24(31)32)8-9-30(16-25)20-12-27-13-20;1-29-12-18(11-28-29)16-6-7-17(20(25)10-16)13-31-21-5-3-2-4-19(21)24(23(31)32)8-9-30(15-24)14-22(26)27/h5-6,9-12,15-17,23H,2-4,7-8,13-14,18-19H2,1H3;4-5,8-13,16,18,23H,2-3,6-7,14-15,17,19H2,1H3;2-7,10-11,14,20,27H,8-9,12-13,15-16H2,1H3;2-7,10-12,22H,8-9,13-15H2,1H3. The summed E-state index contributed by atoms with van der Waals surface area (Å²) < 4.78 is 78.1. The Morgan fingerprint density at radius 2 is 0.662 bits per heavy atom. The number of alkyl halides is 2. The second kappa shape index (κ2) is 35.3. The van der Waals surface area contributed by atoms with Gasteiger partial charge in [-0.2, -0.15) is 20.4 Å². The number of hydrogen-bond acceptors (Lipinski definition) is 13. The highest BCUT2D eigenvalue weighted by atomic mass is 19.3. The Labute approximate surface area is 755 Å². The van der Waals surface area contributed by atoms with E-state index >= 15 is 13.2 Å². The zero-order chi connectivity index (χ0) is 89.3. The number of nitrogens with one attached hydrogen (secondary N) is 1. The average Bonchev–Trinajstić information content (AvgIpc) is 1.57. The first-order chi connectivity index (χ1) is 63.1. The summed E-state index contributed by atoms with van der Waals surface area (Å²) in [7, 11) is 7.41. The molecule has 0 bridgehead atoms. The Morgan fingerprint density at radius 1 is 0.354 bits per heavy atom. The maximum Gasteiger partial charge on any atom is 0.251 e. The fourth-order valence-electron chi connectivity index (χ4n) is 22.9. The Balaban J connectivity index is 0.000000108. The van der Waals surface area contributed by atoms with Gasteiger partial charge in [0.05, 0.1) is 79.2 Å². The van der Waals surface area contributed by atoms with Crippen LogP contribution in [0.2, 0.25) is 0 Å². The Morgan fingerprint density at radius 3 is 0.985 bits per heavy atom. The van der Waals surface area contributed by atoms with Gasteiger partial charge in [0.15, 0.2) is 0 Å². The maximum atomic E-state index is 15.2. The number of carbonyl (C=O) groups is 4. The second-order valence-electron chi connectivity index (χ2n) is 37.8. The third-order valence-corrected chi connectivity index (χ3v) is 29.9. The van der Waals surface area contributed by atoms with Crippen molar-refractivity contribution in [1.29, 1.82) is 0 Å². The minimum atomic E-state index is -2.44. The summed E-state index contributed by atoms with van der Waals surface area (Å²) in [5, 5.41) is 20.1. The van der Waals surface area contributed by atoms with Crippen LogP contribution in [-0.2, 0) is 95.2 Å². The molecule has 4 unspecified atom stereocenters. The van der Waals surface area contributed by atoms with Crippen LogP contribution in [0.4, 0.5) is 44.7 Å². The van der Waals surface area contributed by atoms with Crippen molar-refractivity contribution in [2.45, 2.75) is 156 Å². The molecule has 5 saturated heterocycles. The molecule has 4 aromatic heterocycles. The monoisotopic (exact) mass is 1760 g/mol. The molecule has 26 heteroatoms. The van der Waals surface area contributed by atoms with E-state index in [1.54, 1.807) is 72.6 Å². The minimum absolute atomic E-state index is 0.0889. The van der Waals surface area contributed by atoms with Crippen LogP contribution < -0.4 is 24.9 Å². The first-order valence-electron chi connectivity index (χ1n) is 46.1. The Kier molecular flexibility index (Phi) is 23.4. The fourth-order valence-corrected chi connectivity index (χ4v) is 22.9. The number of fused-ring (bicyclic) bond motifs is 8. The zero-order valence-corrected chi connectivity index (χ0v) is 74.1. The van der Waals surface area contributed by atoms with Gasteiger partial charge in [0.25, 0.3) is 6.43 Å². The predicted octanol–water partition coefficient (Wildman–Crippen LogP) is 16.2. The van der Waals surface area contributed by atoms with Crippen molar-refractivity contribution in [3.63, 3.8) is 0 Å². The number of halogens is 5. The number of aryl methyl sites for hydroxylation is 4. The summed E-state index contributed by atoms with van der Waals surface area (Å²) in [6.07, 6.45) is 26.9. The van der Waals surface area contributed by atoms with Gasteiger partial charge in [-0.3, -0.25) is 57.5 Å². The summed E-state index contributed by atoms with van der Waals surface area (Å²) in [5.41, 5.74) is 15.5. The van der Waals surface area contributed by atoms with Gasteiger partial charge in [-0.1, -0.05) is 166 Å². The lowest BCUT2D eigenvalue weighted by Gasteiger charge is -2.36. The van der Waals surface area contributed by atoms with Crippen molar-refractivity contribution in [2.75, 3.05) is 91.6 Å². The van der Waals surface area contributed by atoms with Crippen LogP contribution in [0.3, 0.4) is 0 Å². The molecular formula is C104H110F5N17O4. The van der Waals surface area contributed by atoms with Crippen molar-refractivity contribution >= 4 is 46.4 Å². The molecule has 4 amide bonds. The minimum Gasteiger partial charge on any atom is -0.314 e. The Hall–Kier alpha value is -12.1. The van der Waals surface area contributed by atoms with E-state index in [4.69, 9.17) is 0 Å². The van der Waals surface area contributed by atoms with Crippen LogP contribution in [0, 0.1) is 17.5 Å². The molecule has 9 aliphatic heterocycles. The summed E-state index contributed by atoms with van der Waals surface area (Å²) in [4.78, 5) is 71.8. The molecule has 12 aromatic rings. The molecule has 1 N–H and O–H groups in total. The van der Waals surface area contributed by atoms with E-state index in [0.717, 1.165) is 156 Å². The highest BCUT2D eigenvalue weighted by Gasteiger charge is 2.59. The third-order valence-electron chi connectivity index (χ3n) is 29.9. The Bertz CT molecular complexity index is 6250. The van der Waals surface area contributed by atoms with Crippen molar-refractivity contribution < 1.29 is 41.1 Å². The van der Waals surface area contributed by atoms with Crippen molar-refractivity contribution in [2.24, 2.45) is 28.2 Å². The van der Waals surface area contributed by atoms with Gasteiger partial charge in [0.2, 0.25) is 23.6 Å². The number of rotatable bonds is 17. The number of hydrogen-bond donors (Lipinski definition) is 1. The first kappa shape index (κ1) is 86.0. The van der Waals surface area contributed by atoms with Crippen LogP contribution in [0.1, 0.15) is 128 Å². The predicted molar refractivity (Wildman–Crippen MR) is 493 cm³/mol. The molecule has 2 aliphatic carbocycles. The van der Waals surface area contributed by atoms with Crippen LogP contribution in [0.5, 0.6) is 0 Å². The lowest BCUT2D eigenvalue weighted by Crippen LogP contribution is -2.57. The lowest BCUT2D eigenvalue weighted by molar-refractivity contribution is -0.123. The molecule has 23 rings (SSSR count). The number of benzene rings is 8. The number of nitrogens with zero attached hydrogens (tertiary/aromatic N) is 16. The van der Waals surface area contributed by atoms with Crippen LogP contribution >= 0.6 is 0 Å². The largest absolute Gasteiger partial charge is 0.314 e. The van der Waals surface area contributed by atoms with E-state index in [0.29, 0.717) is 59.9 Å². The molecule has 130 heavy (non-hydrogen) atoms. The van der Waals surface area contributed by atoms with E-state index in [9.17, 15) is 28.0 Å². The van der Waals surface area contributed by atoms with Crippen LogP contribution in [0.15, 0.2) is 225 Å². The number of anilines is 4. The first-order valence-corrected chi connectivity index (χ1v) is 46.1. The quantitative estimate of drug-likeness (QED) is 0.0853. The highest BCUT2D eigenvalue weighted by molar-refractivity contribution is 6.11. The molecule has 4 spiro atoms. The molecule has 8 aromatic carbocycles. The molecule has 13 heterocycles. The molecule has 21 nitrogen and oxygen atoms in total. The van der Waals surface area contributed by atoms with Gasteiger partial charge in [-0.05, 0) is 170 Å². The van der Waals surface area contributed by atoms with E-state index in [2.05, 4.69) is 101 Å². The van der Waals surface area contributed by atoms with Crippen LogP contribution in [0.25, 0.3) is 44.5 Å². The molecular weight excluding hydrogens is 1650 g/mol. The molecule has 0 radical (unpaired) electrons. The lowest BCUT2D eigenvalue weighted by atomic mass is 9.81. The van der Waals surface area contributed by atoms with Crippen molar-refractivity contribution in [3.05, 3.63) is 287 Å². The summed E-state index contributed by atoms with van der Waals surface area (Å²) in [5.74, 6) is -0.619. The normalized spacial score (nSPS) is 22.7. The van der Waals surface area contributed by atoms with Crippen molar-refractivity contribution in [1.82, 2.24) is 64.0 Å². The van der Waals surface area contributed by atoms with Gasteiger partial charge in [0.1, 0.15) is 17.5 Å². The fraction of sp³-hybridized carbons (Fsp3) is 0.385. The van der Waals surface area contributed by atoms with E-state index in [1.807, 2.05) is 152 Å². The molecule has 670 valence electrons. The summed E-state index contributed by atoms with van der Waals surface area (Å²) in [6, 6.07) is 57.9. The van der Waals surface area contributed by atoms with Crippen molar-refractivity contribution in [3.8, 4) is 44.5 Å². The zero-order valence-electron chi connectivity index (χ0n) is 74.1. The number of carbonyl (C=O) groups excluding carboxylic acids is 4. The number of likely N-dealkylation sites (tertiary alicyclic amines) is 4. The van der Waals surface area contributed by atoms with Gasteiger partial charge < -0.3 is 24.9 Å². The number of para-hydroxylation sites is 4. The molecule has 4 atom stereocenters. The average molecular weight is 1760 g/mol. The maximum absolute atomic E-state index is 15.2. The van der Waals surface area contributed by atoms with E-state index < -0.39 is 28.5 Å². The highest BCUT2D eigenvalue weighted by Crippen LogP contribution is 2.54.